The van der Waals surface area contributed by atoms with Gasteiger partial charge in [0.25, 0.3) is 5.91 Å². The van der Waals surface area contributed by atoms with E-state index in [0.29, 0.717) is 22.7 Å². The van der Waals surface area contributed by atoms with Crippen LogP contribution in [0.5, 0.6) is 5.75 Å². The van der Waals surface area contributed by atoms with Crippen molar-refractivity contribution >= 4 is 5.91 Å². The van der Waals surface area contributed by atoms with E-state index in [1.165, 1.54) is 12.1 Å². The van der Waals surface area contributed by atoms with Crippen LogP contribution in [0, 0.1) is 17.1 Å². The molecule has 0 aliphatic carbocycles. The summed E-state index contributed by atoms with van der Waals surface area (Å²) in [6.07, 6.45) is 2.57. The van der Waals surface area contributed by atoms with Crippen LogP contribution in [0.25, 0.3) is 0 Å². The third kappa shape index (κ3) is 4.35. The van der Waals surface area contributed by atoms with Gasteiger partial charge in [0, 0.05) is 19.4 Å². The molecule has 7 heteroatoms. The number of carbonyl (C=O) groups excluding carboxylic acids is 1. The summed E-state index contributed by atoms with van der Waals surface area (Å²) in [6.45, 7) is 1.62. The van der Waals surface area contributed by atoms with Gasteiger partial charge in [0.05, 0.1) is 11.6 Å². The Hall–Kier alpha value is -3.66. The lowest BCUT2D eigenvalue weighted by Crippen LogP contribution is -2.39. The van der Waals surface area contributed by atoms with Crippen LogP contribution in [0.2, 0.25) is 0 Å². The molecule has 0 aliphatic heterocycles. The first kappa shape index (κ1) is 19.1. The van der Waals surface area contributed by atoms with Gasteiger partial charge >= 0.3 is 0 Å². The first-order valence-corrected chi connectivity index (χ1v) is 8.68. The van der Waals surface area contributed by atoms with Crippen molar-refractivity contribution < 1.29 is 13.9 Å². The van der Waals surface area contributed by atoms with Crippen LogP contribution in [0.3, 0.4) is 0 Å². The number of hydrogen-bond acceptors (Lipinski definition) is 4. The third-order valence-corrected chi connectivity index (χ3v) is 4.25. The average molecular weight is 378 g/mol. The van der Waals surface area contributed by atoms with E-state index in [2.05, 4.69) is 10.3 Å². The van der Waals surface area contributed by atoms with Crippen molar-refractivity contribution in [3.8, 4) is 11.8 Å². The fourth-order valence-electron chi connectivity index (χ4n) is 2.76. The number of ether oxygens (including phenoxy) is 1. The van der Waals surface area contributed by atoms with E-state index in [4.69, 9.17) is 10.00 Å². The Morgan fingerprint density at radius 3 is 2.64 bits per heavy atom. The highest BCUT2D eigenvalue weighted by atomic mass is 19.1. The second-order valence-corrected chi connectivity index (χ2v) is 6.29. The van der Waals surface area contributed by atoms with E-state index < -0.39 is 18.0 Å². The number of imidazole rings is 1. The number of hydrogen-bond donors (Lipinski definition) is 1. The zero-order valence-electron chi connectivity index (χ0n) is 15.5. The Morgan fingerprint density at radius 2 is 2.04 bits per heavy atom. The maximum atomic E-state index is 13.7. The highest BCUT2D eigenvalue weighted by molar-refractivity contribution is 5.81. The molecule has 0 radical (unpaired) electrons. The fourth-order valence-corrected chi connectivity index (χ4v) is 2.76. The molecule has 6 nitrogen and oxygen atoms in total. The number of nitrogens with one attached hydrogen (secondary N) is 1. The van der Waals surface area contributed by atoms with E-state index in [1.807, 2.05) is 6.07 Å². The molecular weight excluding hydrogens is 359 g/mol. The Morgan fingerprint density at radius 1 is 1.29 bits per heavy atom. The van der Waals surface area contributed by atoms with Crippen LogP contribution < -0.4 is 10.1 Å². The van der Waals surface area contributed by atoms with Crippen molar-refractivity contribution in [2.24, 2.45) is 7.05 Å². The number of benzene rings is 2. The highest BCUT2D eigenvalue weighted by Crippen LogP contribution is 2.22. The van der Waals surface area contributed by atoms with Crippen LogP contribution in [-0.2, 0) is 11.8 Å². The number of carbonyl (C=O) groups is 1. The molecule has 2 atom stereocenters. The SMILES string of the molecule is C[C@@H](Oc1ccc(C#N)cc1)C(=O)N[C@@H](c1cccc(F)c1)c1nccn1C. The molecule has 1 N–H and O–H groups in total. The second kappa shape index (κ2) is 8.35. The zero-order chi connectivity index (χ0) is 20.1. The lowest BCUT2D eigenvalue weighted by Gasteiger charge is -2.22. The van der Waals surface area contributed by atoms with Crippen molar-refractivity contribution in [2.75, 3.05) is 0 Å². The summed E-state index contributed by atoms with van der Waals surface area (Å²) in [6, 6.07) is 13.9. The lowest BCUT2D eigenvalue weighted by molar-refractivity contribution is -0.127. The number of halogens is 1. The van der Waals surface area contributed by atoms with Crippen LogP contribution in [0.4, 0.5) is 4.39 Å². The summed E-state index contributed by atoms with van der Waals surface area (Å²) < 4.78 is 21.2. The van der Waals surface area contributed by atoms with E-state index in [9.17, 15) is 9.18 Å². The van der Waals surface area contributed by atoms with Gasteiger partial charge in [-0.05, 0) is 48.9 Å². The smallest absolute Gasteiger partial charge is 0.261 e. The minimum atomic E-state index is -0.802. The van der Waals surface area contributed by atoms with Gasteiger partial charge in [0.2, 0.25) is 0 Å². The largest absolute Gasteiger partial charge is 0.481 e. The van der Waals surface area contributed by atoms with Crippen molar-refractivity contribution in [3.63, 3.8) is 0 Å². The first-order chi connectivity index (χ1) is 13.5. The molecule has 0 aliphatic rings. The highest BCUT2D eigenvalue weighted by Gasteiger charge is 2.24. The van der Waals surface area contributed by atoms with Crippen LogP contribution in [-0.4, -0.2) is 21.6 Å². The van der Waals surface area contributed by atoms with Crippen LogP contribution in [0.1, 0.15) is 29.9 Å². The van der Waals surface area contributed by atoms with Gasteiger partial charge in [-0.3, -0.25) is 4.79 Å². The summed E-state index contributed by atoms with van der Waals surface area (Å²) in [5.41, 5.74) is 1.08. The molecule has 3 aromatic rings. The summed E-state index contributed by atoms with van der Waals surface area (Å²) in [7, 11) is 1.80. The summed E-state index contributed by atoms with van der Waals surface area (Å²) in [5.74, 6) is 0.278. The molecule has 1 amide bonds. The van der Waals surface area contributed by atoms with Gasteiger partial charge in [-0.1, -0.05) is 12.1 Å². The third-order valence-electron chi connectivity index (χ3n) is 4.25. The Balaban J connectivity index is 1.78. The number of nitriles is 1. The second-order valence-electron chi connectivity index (χ2n) is 6.29. The molecular formula is C21H19FN4O2. The maximum Gasteiger partial charge on any atom is 0.261 e. The van der Waals surface area contributed by atoms with Gasteiger partial charge in [0.1, 0.15) is 23.4 Å². The van der Waals surface area contributed by atoms with Gasteiger partial charge in [-0.2, -0.15) is 5.26 Å². The molecule has 2 aromatic carbocycles. The minimum absolute atomic E-state index is 0.373. The molecule has 28 heavy (non-hydrogen) atoms. The predicted molar refractivity (Wildman–Crippen MR) is 101 cm³/mol. The molecule has 0 bridgehead atoms. The van der Waals surface area contributed by atoms with E-state index in [0.717, 1.165) is 0 Å². The van der Waals surface area contributed by atoms with Gasteiger partial charge < -0.3 is 14.6 Å². The van der Waals surface area contributed by atoms with Crippen molar-refractivity contribution in [3.05, 3.63) is 83.7 Å². The molecule has 0 saturated heterocycles. The Bertz CT molecular complexity index is 1010. The summed E-state index contributed by atoms with van der Waals surface area (Å²) >= 11 is 0. The average Bonchev–Trinajstić information content (AvgIpc) is 3.12. The molecule has 0 fully saturated rings. The molecule has 0 saturated carbocycles. The normalized spacial score (nSPS) is 12.6. The topological polar surface area (TPSA) is 79.9 Å². The molecule has 1 heterocycles. The van der Waals surface area contributed by atoms with E-state index in [1.54, 1.807) is 67.3 Å². The molecule has 0 spiro atoms. The monoisotopic (exact) mass is 378 g/mol. The fraction of sp³-hybridized carbons (Fsp3) is 0.190. The van der Waals surface area contributed by atoms with Crippen LogP contribution >= 0.6 is 0 Å². The van der Waals surface area contributed by atoms with Crippen molar-refractivity contribution in [1.29, 1.82) is 5.26 Å². The van der Waals surface area contributed by atoms with E-state index in [-0.39, 0.29) is 5.91 Å². The standard InChI is InChI=1S/C21H19FN4O2/c1-14(28-18-8-6-15(13-23)7-9-18)21(27)25-19(20-24-10-11-26(20)2)16-4-3-5-17(22)12-16/h3-12,14,19H,1-2H3,(H,25,27)/t14-,19+/m1/s1. The Kier molecular flexibility index (Phi) is 5.70. The van der Waals surface area contributed by atoms with Gasteiger partial charge in [-0.15, -0.1) is 0 Å². The molecule has 1 aromatic heterocycles. The van der Waals surface area contributed by atoms with Crippen LogP contribution in [0.15, 0.2) is 60.9 Å². The maximum absolute atomic E-state index is 13.7. The zero-order valence-corrected chi connectivity index (χ0v) is 15.5. The van der Waals surface area contributed by atoms with Crippen molar-refractivity contribution in [1.82, 2.24) is 14.9 Å². The molecule has 0 unspecified atom stereocenters. The number of rotatable bonds is 6. The van der Waals surface area contributed by atoms with Crippen molar-refractivity contribution in [2.45, 2.75) is 19.1 Å². The summed E-state index contributed by atoms with van der Waals surface area (Å²) in [4.78, 5) is 17.0. The predicted octanol–water partition coefficient (Wildman–Crippen LogP) is 3.10. The number of nitrogens with zero attached hydrogens (tertiary/aromatic N) is 3. The van der Waals surface area contributed by atoms with Gasteiger partial charge in [-0.25, -0.2) is 9.37 Å². The molecule has 3 rings (SSSR count). The quantitative estimate of drug-likeness (QED) is 0.715. The van der Waals surface area contributed by atoms with Gasteiger partial charge in [0.15, 0.2) is 6.10 Å². The van der Waals surface area contributed by atoms with E-state index >= 15 is 0 Å². The summed E-state index contributed by atoms with van der Waals surface area (Å²) in [5, 5.41) is 11.7. The minimum Gasteiger partial charge on any atom is -0.481 e. The Labute approximate surface area is 162 Å². The molecule has 142 valence electrons. The number of aryl methyl sites for hydroxylation is 1. The first-order valence-electron chi connectivity index (χ1n) is 8.68. The number of aromatic nitrogens is 2. The number of amides is 1. The lowest BCUT2D eigenvalue weighted by atomic mass is 10.1.